The number of ether oxygens (including phenoxy) is 1. The van der Waals surface area contributed by atoms with Crippen LogP contribution in [0.2, 0.25) is 0 Å². The van der Waals surface area contributed by atoms with Crippen molar-refractivity contribution in [3.8, 4) is 0 Å². The average molecular weight is 316 g/mol. The summed E-state index contributed by atoms with van der Waals surface area (Å²) in [5.41, 5.74) is 2.32. The van der Waals surface area contributed by atoms with E-state index >= 15 is 0 Å². The number of amides is 1. The maximum atomic E-state index is 11.7. The van der Waals surface area contributed by atoms with Crippen LogP contribution in [0.15, 0.2) is 47.2 Å². The van der Waals surface area contributed by atoms with Gasteiger partial charge in [0.25, 0.3) is 0 Å². The first-order valence-electron chi connectivity index (χ1n) is 7.51. The zero-order valence-electron chi connectivity index (χ0n) is 12.3. The number of carbonyl (C=O) groups is 1. The molecule has 0 spiro atoms. The van der Waals surface area contributed by atoms with Crippen LogP contribution in [0, 0.1) is 0 Å². The molecule has 0 bridgehead atoms. The molecule has 2 aromatic rings. The predicted octanol–water partition coefficient (Wildman–Crippen LogP) is 3.30. The Balaban J connectivity index is 1.29. The topological polar surface area (TPSA) is 50.4 Å². The Kier molecular flexibility index (Phi) is 5.08. The van der Waals surface area contributed by atoms with E-state index in [4.69, 9.17) is 4.74 Å². The van der Waals surface area contributed by atoms with E-state index in [0.29, 0.717) is 12.6 Å². The Labute approximate surface area is 134 Å². The Morgan fingerprint density at radius 3 is 2.68 bits per heavy atom. The number of nitrogens with one attached hydrogen (secondary N) is 2. The van der Waals surface area contributed by atoms with Gasteiger partial charge in [0.05, 0.1) is 0 Å². The van der Waals surface area contributed by atoms with Crippen LogP contribution in [-0.4, -0.2) is 18.2 Å². The van der Waals surface area contributed by atoms with Crippen LogP contribution in [0.25, 0.3) is 0 Å². The number of carbonyl (C=O) groups excluding carboxylic acids is 1. The first-order valence-corrected chi connectivity index (χ1v) is 8.45. The average Bonchev–Trinajstić information content (AvgIpc) is 3.01. The van der Waals surface area contributed by atoms with Gasteiger partial charge in [-0.05, 0) is 40.8 Å². The van der Waals surface area contributed by atoms with E-state index < -0.39 is 0 Å². The molecule has 1 amide bonds. The smallest absolute Gasteiger partial charge is 0.407 e. The number of thiophene rings is 1. The summed E-state index contributed by atoms with van der Waals surface area (Å²) < 4.78 is 5.22. The Morgan fingerprint density at radius 1 is 1.14 bits per heavy atom. The van der Waals surface area contributed by atoms with Crippen LogP contribution < -0.4 is 10.6 Å². The Morgan fingerprint density at radius 2 is 1.95 bits per heavy atom. The van der Waals surface area contributed by atoms with E-state index in [1.807, 2.05) is 30.3 Å². The highest BCUT2D eigenvalue weighted by molar-refractivity contribution is 7.07. The largest absolute Gasteiger partial charge is 0.445 e. The first-order chi connectivity index (χ1) is 10.8. The van der Waals surface area contributed by atoms with Gasteiger partial charge in [0.15, 0.2) is 0 Å². The second-order valence-electron chi connectivity index (χ2n) is 5.58. The van der Waals surface area contributed by atoms with E-state index in [-0.39, 0.29) is 12.1 Å². The molecule has 1 aliphatic rings. The van der Waals surface area contributed by atoms with E-state index in [9.17, 15) is 4.79 Å². The van der Waals surface area contributed by atoms with Crippen molar-refractivity contribution >= 4 is 17.4 Å². The van der Waals surface area contributed by atoms with Crippen LogP contribution >= 0.6 is 11.3 Å². The molecule has 3 rings (SSSR count). The van der Waals surface area contributed by atoms with Gasteiger partial charge in [-0.3, -0.25) is 0 Å². The fourth-order valence-corrected chi connectivity index (χ4v) is 3.16. The molecule has 1 heterocycles. The molecule has 1 fully saturated rings. The molecular weight excluding hydrogens is 296 g/mol. The monoisotopic (exact) mass is 316 g/mol. The fourth-order valence-electron chi connectivity index (χ4n) is 2.49. The molecule has 0 radical (unpaired) electrons. The lowest BCUT2D eigenvalue weighted by atomic mass is 9.87. The van der Waals surface area contributed by atoms with Gasteiger partial charge in [-0.15, -0.1) is 0 Å². The van der Waals surface area contributed by atoms with E-state index in [1.54, 1.807) is 11.3 Å². The summed E-state index contributed by atoms with van der Waals surface area (Å²) in [5, 5.41) is 10.7. The van der Waals surface area contributed by atoms with Crippen LogP contribution in [0.4, 0.5) is 4.79 Å². The third-order valence-corrected chi connectivity index (χ3v) is 4.58. The molecule has 22 heavy (non-hydrogen) atoms. The summed E-state index contributed by atoms with van der Waals surface area (Å²) in [6.45, 7) is 1.22. The summed E-state index contributed by atoms with van der Waals surface area (Å²) >= 11 is 1.72. The molecule has 1 saturated carbocycles. The van der Waals surface area contributed by atoms with Crippen molar-refractivity contribution in [2.75, 3.05) is 0 Å². The maximum absolute atomic E-state index is 11.7. The Bertz CT molecular complexity index is 580. The summed E-state index contributed by atoms with van der Waals surface area (Å²) in [5.74, 6) is 0. The van der Waals surface area contributed by atoms with Gasteiger partial charge >= 0.3 is 6.09 Å². The quantitative estimate of drug-likeness (QED) is 0.860. The summed E-state index contributed by atoms with van der Waals surface area (Å²) in [4.78, 5) is 11.7. The molecule has 0 saturated heterocycles. The van der Waals surface area contributed by atoms with E-state index in [2.05, 4.69) is 27.5 Å². The van der Waals surface area contributed by atoms with Gasteiger partial charge in [-0.1, -0.05) is 30.3 Å². The highest BCUT2D eigenvalue weighted by atomic mass is 32.1. The van der Waals surface area contributed by atoms with Crippen molar-refractivity contribution in [1.82, 2.24) is 10.6 Å². The van der Waals surface area contributed by atoms with Gasteiger partial charge in [-0.25, -0.2) is 4.79 Å². The molecule has 0 atom stereocenters. The minimum atomic E-state index is -0.329. The van der Waals surface area contributed by atoms with Crippen molar-refractivity contribution in [1.29, 1.82) is 0 Å². The van der Waals surface area contributed by atoms with Gasteiger partial charge in [0, 0.05) is 18.6 Å². The predicted molar refractivity (Wildman–Crippen MR) is 87.7 cm³/mol. The molecule has 2 N–H and O–H groups in total. The highest BCUT2D eigenvalue weighted by Gasteiger charge is 2.30. The summed E-state index contributed by atoms with van der Waals surface area (Å²) in [6, 6.07) is 12.6. The highest BCUT2D eigenvalue weighted by Crippen LogP contribution is 2.21. The van der Waals surface area contributed by atoms with Crippen LogP contribution in [0.5, 0.6) is 0 Å². The molecule has 1 aromatic heterocycles. The minimum Gasteiger partial charge on any atom is -0.445 e. The van der Waals surface area contributed by atoms with Crippen molar-refractivity contribution in [3.05, 3.63) is 58.3 Å². The van der Waals surface area contributed by atoms with Crippen molar-refractivity contribution < 1.29 is 9.53 Å². The lowest BCUT2D eigenvalue weighted by Crippen LogP contribution is -2.52. The Hall–Kier alpha value is -1.85. The van der Waals surface area contributed by atoms with Crippen LogP contribution in [-0.2, 0) is 17.9 Å². The standard InChI is InChI=1S/C17H20N2O2S/c20-17(21-11-13-4-2-1-3-5-13)19-16-8-15(9-16)18-10-14-6-7-22-12-14/h1-7,12,15-16,18H,8-11H2,(H,19,20). The van der Waals surface area contributed by atoms with E-state index in [1.165, 1.54) is 5.56 Å². The fraction of sp³-hybridized carbons (Fsp3) is 0.353. The summed E-state index contributed by atoms with van der Waals surface area (Å²) in [6.07, 6.45) is 1.60. The van der Waals surface area contributed by atoms with E-state index in [0.717, 1.165) is 24.9 Å². The number of alkyl carbamates (subject to hydrolysis) is 1. The molecule has 116 valence electrons. The molecule has 5 heteroatoms. The molecular formula is C17H20N2O2S. The van der Waals surface area contributed by atoms with Gasteiger partial charge in [-0.2, -0.15) is 11.3 Å². The normalized spacial score (nSPS) is 20.2. The first kappa shape index (κ1) is 15.1. The zero-order valence-corrected chi connectivity index (χ0v) is 13.1. The third kappa shape index (κ3) is 4.32. The zero-order chi connectivity index (χ0) is 15.2. The van der Waals surface area contributed by atoms with Crippen molar-refractivity contribution in [3.63, 3.8) is 0 Å². The number of benzene rings is 1. The number of hydrogen-bond acceptors (Lipinski definition) is 4. The molecule has 1 aromatic carbocycles. The second-order valence-corrected chi connectivity index (χ2v) is 6.36. The van der Waals surface area contributed by atoms with Crippen molar-refractivity contribution in [2.24, 2.45) is 0 Å². The van der Waals surface area contributed by atoms with Gasteiger partial charge in [0.1, 0.15) is 6.61 Å². The lowest BCUT2D eigenvalue weighted by Gasteiger charge is -2.36. The molecule has 4 nitrogen and oxygen atoms in total. The van der Waals surface area contributed by atoms with Crippen LogP contribution in [0.1, 0.15) is 24.0 Å². The molecule has 0 aliphatic heterocycles. The maximum Gasteiger partial charge on any atom is 0.407 e. The van der Waals surface area contributed by atoms with Crippen molar-refractivity contribution in [2.45, 2.75) is 38.1 Å². The summed E-state index contributed by atoms with van der Waals surface area (Å²) in [7, 11) is 0. The molecule has 1 aliphatic carbocycles. The minimum absolute atomic E-state index is 0.225. The number of hydrogen-bond donors (Lipinski definition) is 2. The van der Waals surface area contributed by atoms with Crippen LogP contribution in [0.3, 0.4) is 0 Å². The lowest BCUT2D eigenvalue weighted by molar-refractivity contribution is 0.125. The third-order valence-electron chi connectivity index (χ3n) is 3.85. The second kappa shape index (κ2) is 7.42. The number of rotatable bonds is 6. The van der Waals surface area contributed by atoms with Gasteiger partial charge < -0.3 is 15.4 Å². The van der Waals surface area contributed by atoms with Gasteiger partial charge in [0.2, 0.25) is 0 Å². The molecule has 0 unspecified atom stereocenters. The SMILES string of the molecule is O=C(NC1CC(NCc2ccsc2)C1)OCc1ccccc1.